The van der Waals surface area contributed by atoms with E-state index in [4.69, 9.17) is 11.6 Å². The van der Waals surface area contributed by atoms with E-state index in [2.05, 4.69) is 36.2 Å². The first-order chi connectivity index (χ1) is 15.3. The van der Waals surface area contributed by atoms with Crippen LogP contribution in [0.25, 0.3) is 0 Å². The molecule has 0 saturated carbocycles. The quantitative estimate of drug-likeness (QED) is 0.591. The van der Waals surface area contributed by atoms with Crippen molar-refractivity contribution in [1.82, 2.24) is 9.62 Å². The van der Waals surface area contributed by atoms with Crippen LogP contribution in [0.1, 0.15) is 37.8 Å². The highest BCUT2D eigenvalue weighted by molar-refractivity contribution is 7.88. The summed E-state index contributed by atoms with van der Waals surface area (Å²) in [4.78, 5) is 15.0. The van der Waals surface area contributed by atoms with Crippen molar-refractivity contribution in [3.63, 3.8) is 0 Å². The Morgan fingerprint density at radius 1 is 1.06 bits per heavy atom. The normalized spacial score (nSPS) is 17.2. The fourth-order valence-electron chi connectivity index (χ4n) is 4.04. The molecule has 0 aromatic heterocycles. The SMILES string of the molecule is CCN(CC)c1ccc(CNC(=O)[C@H]2CCCN(S(=O)(=O)Cc3ccc(Cl)cc3)C2)cc1. The molecular formula is C24H32ClN3O3S. The van der Waals surface area contributed by atoms with Gasteiger partial charge in [-0.2, -0.15) is 0 Å². The van der Waals surface area contributed by atoms with E-state index in [-0.39, 0.29) is 24.1 Å². The molecule has 3 rings (SSSR count). The van der Waals surface area contributed by atoms with E-state index < -0.39 is 10.0 Å². The van der Waals surface area contributed by atoms with E-state index in [1.165, 1.54) is 9.99 Å². The maximum atomic E-state index is 12.9. The Balaban J connectivity index is 1.55. The summed E-state index contributed by atoms with van der Waals surface area (Å²) in [6.45, 7) is 7.26. The van der Waals surface area contributed by atoms with Crippen LogP contribution < -0.4 is 10.2 Å². The minimum Gasteiger partial charge on any atom is -0.372 e. The van der Waals surface area contributed by atoms with Gasteiger partial charge >= 0.3 is 0 Å². The summed E-state index contributed by atoms with van der Waals surface area (Å²) < 4.78 is 27.2. The molecule has 2 aromatic carbocycles. The predicted octanol–water partition coefficient (Wildman–Crippen LogP) is 4.04. The lowest BCUT2D eigenvalue weighted by Crippen LogP contribution is -2.45. The van der Waals surface area contributed by atoms with Crippen LogP contribution in [0.2, 0.25) is 5.02 Å². The fraction of sp³-hybridized carbons (Fsp3) is 0.458. The second kappa shape index (κ2) is 11.2. The molecule has 0 spiro atoms. The number of hydrogen-bond donors (Lipinski definition) is 1. The summed E-state index contributed by atoms with van der Waals surface area (Å²) in [6.07, 6.45) is 1.37. The van der Waals surface area contributed by atoms with Crippen molar-refractivity contribution in [3.05, 3.63) is 64.7 Å². The number of hydrogen-bond acceptors (Lipinski definition) is 4. The van der Waals surface area contributed by atoms with Crippen LogP contribution in [0.3, 0.4) is 0 Å². The van der Waals surface area contributed by atoms with Gasteiger partial charge in [0.05, 0.1) is 11.7 Å². The molecule has 1 heterocycles. The number of anilines is 1. The van der Waals surface area contributed by atoms with Crippen molar-refractivity contribution in [2.24, 2.45) is 5.92 Å². The number of halogens is 1. The minimum atomic E-state index is -3.50. The molecular weight excluding hydrogens is 446 g/mol. The van der Waals surface area contributed by atoms with Gasteiger partial charge in [-0.05, 0) is 62.1 Å². The zero-order valence-corrected chi connectivity index (χ0v) is 20.3. The van der Waals surface area contributed by atoms with Gasteiger partial charge in [0.2, 0.25) is 15.9 Å². The average Bonchev–Trinajstić information content (AvgIpc) is 2.80. The van der Waals surface area contributed by atoms with Crippen LogP contribution >= 0.6 is 11.6 Å². The summed E-state index contributed by atoms with van der Waals surface area (Å²) >= 11 is 5.89. The van der Waals surface area contributed by atoms with Crippen LogP contribution in [0.4, 0.5) is 5.69 Å². The number of nitrogens with one attached hydrogen (secondary N) is 1. The van der Waals surface area contributed by atoms with Gasteiger partial charge < -0.3 is 10.2 Å². The molecule has 1 aliphatic heterocycles. The second-order valence-corrected chi connectivity index (χ2v) is 10.5. The third kappa shape index (κ3) is 6.47. The van der Waals surface area contributed by atoms with E-state index in [9.17, 15) is 13.2 Å². The van der Waals surface area contributed by atoms with Crippen LogP contribution in [0.15, 0.2) is 48.5 Å². The molecule has 1 N–H and O–H groups in total. The lowest BCUT2D eigenvalue weighted by Gasteiger charge is -2.31. The van der Waals surface area contributed by atoms with Crippen molar-refractivity contribution < 1.29 is 13.2 Å². The Hall–Kier alpha value is -2.09. The van der Waals surface area contributed by atoms with Crippen molar-refractivity contribution in [2.45, 2.75) is 39.0 Å². The Bertz CT molecular complexity index is 990. The molecule has 1 atom stereocenters. The number of sulfonamides is 1. The lowest BCUT2D eigenvalue weighted by molar-refractivity contribution is -0.126. The lowest BCUT2D eigenvalue weighted by atomic mass is 9.98. The first kappa shape index (κ1) is 24.6. The monoisotopic (exact) mass is 477 g/mol. The van der Waals surface area contributed by atoms with Gasteiger partial charge in [-0.1, -0.05) is 35.9 Å². The highest BCUT2D eigenvalue weighted by Crippen LogP contribution is 2.22. The molecule has 32 heavy (non-hydrogen) atoms. The minimum absolute atomic E-state index is 0.0859. The van der Waals surface area contributed by atoms with Crippen molar-refractivity contribution in [3.8, 4) is 0 Å². The predicted molar refractivity (Wildman–Crippen MR) is 130 cm³/mol. The molecule has 0 radical (unpaired) electrons. The molecule has 1 fully saturated rings. The maximum Gasteiger partial charge on any atom is 0.224 e. The highest BCUT2D eigenvalue weighted by Gasteiger charge is 2.32. The average molecular weight is 478 g/mol. The Labute approximate surface area is 196 Å². The van der Waals surface area contributed by atoms with Gasteiger partial charge in [-0.3, -0.25) is 4.79 Å². The van der Waals surface area contributed by atoms with E-state index in [0.29, 0.717) is 36.5 Å². The van der Waals surface area contributed by atoms with Crippen LogP contribution in [-0.4, -0.2) is 44.8 Å². The molecule has 2 aromatic rings. The largest absolute Gasteiger partial charge is 0.372 e. The van der Waals surface area contributed by atoms with Gasteiger partial charge in [0.1, 0.15) is 0 Å². The van der Waals surface area contributed by atoms with Gasteiger partial charge in [0.25, 0.3) is 0 Å². The van der Waals surface area contributed by atoms with Gasteiger partial charge in [-0.15, -0.1) is 0 Å². The number of nitrogens with zero attached hydrogens (tertiary/aromatic N) is 2. The van der Waals surface area contributed by atoms with Crippen molar-refractivity contribution in [1.29, 1.82) is 0 Å². The number of piperidine rings is 1. The summed E-state index contributed by atoms with van der Waals surface area (Å²) in [5.74, 6) is -0.514. The van der Waals surface area contributed by atoms with Crippen LogP contribution in [0, 0.1) is 5.92 Å². The Morgan fingerprint density at radius 2 is 1.69 bits per heavy atom. The zero-order valence-electron chi connectivity index (χ0n) is 18.8. The van der Waals surface area contributed by atoms with Crippen LogP contribution in [0.5, 0.6) is 0 Å². The molecule has 1 amide bonds. The summed E-state index contributed by atoms with van der Waals surface area (Å²) in [5.41, 5.74) is 2.88. The molecule has 8 heteroatoms. The molecule has 6 nitrogen and oxygen atoms in total. The topological polar surface area (TPSA) is 69.7 Å². The summed E-state index contributed by atoms with van der Waals surface area (Å²) in [7, 11) is -3.50. The highest BCUT2D eigenvalue weighted by atomic mass is 35.5. The molecule has 174 valence electrons. The van der Waals surface area contributed by atoms with E-state index in [1.54, 1.807) is 24.3 Å². The zero-order chi connectivity index (χ0) is 23.1. The van der Waals surface area contributed by atoms with Gasteiger partial charge in [0, 0.05) is 43.4 Å². The van der Waals surface area contributed by atoms with Crippen molar-refractivity contribution >= 4 is 33.2 Å². The molecule has 0 unspecified atom stereocenters. The number of carbonyl (C=O) groups is 1. The summed E-state index contributed by atoms with van der Waals surface area (Å²) in [6, 6.07) is 15.0. The molecule has 1 aliphatic rings. The second-order valence-electron chi connectivity index (χ2n) is 8.14. The van der Waals surface area contributed by atoms with Gasteiger partial charge in [-0.25, -0.2) is 12.7 Å². The first-order valence-corrected chi connectivity index (χ1v) is 13.1. The fourth-order valence-corrected chi connectivity index (χ4v) is 5.78. The number of rotatable bonds is 9. The van der Waals surface area contributed by atoms with Crippen LogP contribution in [-0.2, 0) is 27.1 Å². The molecule has 0 bridgehead atoms. The van der Waals surface area contributed by atoms with Gasteiger partial charge in [0.15, 0.2) is 0 Å². The van der Waals surface area contributed by atoms with E-state index >= 15 is 0 Å². The first-order valence-electron chi connectivity index (χ1n) is 11.2. The smallest absolute Gasteiger partial charge is 0.224 e. The van der Waals surface area contributed by atoms with Crippen molar-refractivity contribution in [2.75, 3.05) is 31.1 Å². The Morgan fingerprint density at radius 3 is 2.31 bits per heavy atom. The number of carbonyl (C=O) groups excluding carboxylic acids is 1. The standard InChI is InChI=1S/C24H32ClN3O3S/c1-3-27(4-2)23-13-9-19(10-14-23)16-26-24(29)21-6-5-15-28(17-21)32(30,31)18-20-7-11-22(25)12-8-20/h7-14,21H,3-6,15-18H2,1-2H3,(H,26,29)/t21-/m0/s1. The molecule has 1 saturated heterocycles. The molecule has 0 aliphatic carbocycles. The third-order valence-corrected chi connectivity index (χ3v) is 8.01. The summed E-state index contributed by atoms with van der Waals surface area (Å²) in [5, 5.41) is 3.56. The van der Waals surface area contributed by atoms with E-state index in [1.807, 2.05) is 12.1 Å². The number of benzene rings is 2. The van der Waals surface area contributed by atoms with E-state index in [0.717, 1.165) is 18.7 Å². The number of amides is 1. The third-order valence-electron chi connectivity index (χ3n) is 5.94. The Kier molecular flexibility index (Phi) is 8.57. The maximum absolute atomic E-state index is 12.9.